The first-order valence-corrected chi connectivity index (χ1v) is 6.79. The quantitative estimate of drug-likeness (QED) is 0.776. The maximum atomic E-state index is 5.33. The van der Waals surface area contributed by atoms with E-state index < -0.39 is 0 Å². The molecule has 1 aliphatic heterocycles. The van der Waals surface area contributed by atoms with E-state index in [0.29, 0.717) is 17.5 Å². The Morgan fingerprint density at radius 3 is 2.86 bits per heavy atom. The van der Waals surface area contributed by atoms with E-state index in [1.54, 1.807) is 12.4 Å². The normalized spacial score (nSPS) is 13.0. The van der Waals surface area contributed by atoms with Gasteiger partial charge in [-0.1, -0.05) is 11.2 Å². The first-order chi connectivity index (χ1) is 10.3. The van der Waals surface area contributed by atoms with Crippen molar-refractivity contribution in [1.82, 2.24) is 20.1 Å². The minimum absolute atomic E-state index is 0.401. The van der Waals surface area contributed by atoms with Gasteiger partial charge in [0.2, 0.25) is 11.6 Å². The summed E-state index contributed by atoms with van der Waals surface area (Å²) in [6, 6.07) is 6.13. The summed E-state index contributed by atoms with van der Waals surface area (Å²) in [5.41, 5.74) is 4.35. The maximum Gasteiger partial charge on any atom is 0.258 e. The zero-order valence-electron chi connectivity index (χ0n) is 11.5. The largest absolute Gasteiger partial charge is 0.384 e. The second kappa shape index (κ2) is 4.66. The van der Waals surface area contributed by atoms with Crippen LogP contribution in [0.2, 0.25) is 0 Å². The summed E-state index contributed by atoms with van der Waals surface area (Å²) in [6.45, 7) is 2.91. The SMILES string of the molecule is Cc1cnc(-c2noc(-c3ccc4c(c3)NCC4)n2)nc1. The zero-order valence-corrected chi connectivity index (χ0v) is 11.5. The summed E-state index contributed by atoms with van der Waals surface area (Å²) < 4.78 is 5.33. The molecule has 0 amide bonds. The van der Waals surface area contributed by atoms with E-state index in [0.717, 1.165) is 29.8 Å². The van der Waals surface area contributed by atoms with Crippen LogP contribution in [0.25, 0.3) is 23.1 Å². The van der Waals surface area contributed by atoms with Gasteiger partial charge in [0.15, 0.2) is 0 Å². The van der Waals surface area contributed by atoms with Crippen LogP contribution in [0.4, 0.5) is 5.69 Å². The highest BCUT2D eigenvalue weighted by Crippen LogP contribution is 2.28. The van der Waals surface area contributed by atoms with Crippen LogP contribution in [0.15, 0.2) is 35.1 Å². The van der Waals surface area contributed by atoms with Crippen LogP contribution in [0.1, 0.15) is 11.1 Å². The van der Waals surface area contributed by atoms with Gasteiger partial charge < -0.3 is 9.84 Å². The molecule has 21 heavy (non-hydrogen) atoms. The number of aromatic nitrogens is 4. The number of hydrogen-bond donors (Lipinski definition) is 1. The van der Waals surface area contributed by atoms with Crippen molar-refractivity contribution in [3.8, 4) is 23.1 Å². The smallest absolute Gasteiger partial charge is 0.258 e. The molecule has 1 aromatic carbocycles. The molecule has 1 aliphatic rings. The van der Waals surface area contributed by atoms with E-state index in [1.807, 2.05) is 19.1 Å². The second-order valence-corrected chi connectivity index (χ2v) is 5.06. The molecule has 6 nitrogen and oxygen atoms in total. The maximum absolute atomic E-state index is 5.33. The number of nitrogens with zero attached hydrogens (tertiary/aromatic N) is 4. The van der Waals surface area contributed by atoms with Crippen molar-refractivity contribution >= 4 is 5.69 Å². The van der Waals surface area contributed by atoms with Gasteiger partial charge in [-0.3, -0.25) is 0 Å². The Morgan fingerprint density at radius 2 is 2.00 bits per heavy atom. The number of nitrogens with one attached hydrogen (secondary N) is 1. The van der Waals surface area contributed by atoms with Crippen LogP contribution in [-0.2, 0) is 6.42 Å². The lowest BCUT2D eigenvalue weighted by atomic mass is 10.1. The number of rotatable bonds is 2. The minimum Gasteiger partial charge on any atom is -0.384 e. The van der Waals surface area contributed by atoms with Crippen LogP contribution in [0, 0.1) is 6.92 Å². The van der Waals surface area contributed by atoms with Gasteiger partial charge in [-0.25, -0.2) is 9.97 Å². The topological polar surface area (TPSA) is 76.7 Å². The van der Waals surface area contributed by atoms with E-state index in [2.05, 4.69) is 31.5 Å². The fourth-order valence-corrected chi connectivity index (χ4v) is 2.36. The standard InChI is InChI=1S/C15H13N5O/c1-9-7-17-13(18-8-9)14-19-15(21-20-14)11-3-2-10-4-5-16-12(10)6-11/h2-3,6-8,16H,4-5H2,1H3. The first-order valence-electron chi connectivity index (χ1n) is 6.79. The van der Waals surface area contributed by atoms with E-state index in [9.17, 15) is 0 Å². The Labute approximate surface area is 121 Å². The Balaban J connectivity index is 1.69. The van der Waals surface area contributed by atoms with Crippen molar-refractivity contribution in [2.45, 2.75) is 13.3 Å². The lowest BCUT2D eigenvalue weighted by Crippen LogP contribution is -1.91. The number of hydrogen-bond acceptors (Lipinski definition) is 6. The molecule has 0 spiro atoms. The lowest BCUT2D eigenvalue weighted by molar-refractivity contribution is 0.432. The fraction of sp³-hybridized carbons (Fsp3) is 0.200. The van der Waals surface area contributed by atoms with Gasteiger partial charge in [-0.2, -0.15) is 4.98 Å². The first kappa shape index (κ1) is 12.0. The van der Waals surface area contributed by atoms with Gasteiger partial charge in [-0.05, 0) is 36.6 Å². The molecule has 0 atom stereocenters. The van der Waals surface area contributed by atoms with Crippen LogP contribution >= 0.6 is 0 Å². The Kier molecular flexibility index (Phi) is 2.67. The third-order valence-electron chi connectivity index (χ3n) is 3.47. The van der Waals surface area contributed by atoms with Gasteiger partial charge in [0.05, 0.1) is 0 Å². The molecule has 4 rings (SSSR count). The van der Waals surface area contributed by atoms with Crippen LogP contribution in [0.5, 0.6) is 0 Å². The van der Waals surface area contributed by atoms with Crippen molar-refractivity contribution in [2.75, 3.05) is 11.9 Å². The number of aryl methyl sites for hydroxylation is 1. The third-order valence-corrected chi connectivity index (χ3v) is 3.47. The lowest BCUT2D eigenvalue weighted by Gasteiger charge is -2.00. The summed E-state index contributed by atoms with van der Waals surface area (Å²) in [5.74, 6) is 1.35. The highest BCUT2D eigenvalue weighted by Gasteiger charge is 2.16. The molecule has 3 aromatic rings. The van der Waals surface area contributed by atoms with E-state index in [-0.39, 0.29) is 0 Å². The molecular formula is C15H13N5O. The zero-order chi connectivity index (χ0) is 14.2. The second-order valence-electron chi connectivity index (χ2n) is 5.06. The molecule has 0 radical (unpaired) electrons. The average molecular weight is 279 g/mol. The summed E-state index contributed by atoms with van der Waals surface area (Å²) in [6.07, 6.45) is 4.53. The minimum atomic E-state index is 0.401. The molecule has 2 aromatic heterocycles. The molecule has 0 bridgehead atoms. The Bertz CT molecular complexity index is 794. The predicted molar refractivity (Wildman–Crippen MR) is 77.7 cm³/mol. The molecule has 0 unspecified atom stereocenters. The van der Waals surface area contributed by atoms with Crippen molar-refractivity contribution in [3.63, 3.8) is 0 Å². The fourth-order valence-electron chi connectivity index (χ4n) is 2.36. The molecule has 3 heterocycles. The summed E-state index contributed by atoms with van der Waals surface area (Å²) >= 11 is 0. The molecule has 6 heteroatoms. The Hall–Kier alpha value is -2.76. The number of benzene rings is 1. The molecule has 0 fully saturated rings. The van der Waals surface area contributed by atoms with Gasteiger partial charge in [0.25, 0.3) is 5.89 Å². The highest BCUT2D eigenvalue weighted by molar-refractivity contribution is 5.67. The van der Waals surface area contributed by atoms with Crippen molar-refractivity contribution in [1.29, 1.82) is 0 Å². The van der Waals surface area contributed by atoms with E-state index >= 15 is 0 Å². The number of anilines is 1. The molecule has 1 N–H and O–H groups in total. The highest BCUT2D eigenvalue weighted by atomic mass is 16.5. The van der Waals surface area contributed by atoms with Crippen molar-refractivity contribution in [2.24, 2.45) is 0 Å². The summed E-state index contributed by atoms with van der Waals surface area (Å²) in [7, 11) is 0. The summed E-state index contributed by atoms with van der Waals surface area (Å²) in [5, 5.41) is 7.29. The monoisotopic (exact) mass is 279 g/mol. The van der Waals surface area contributed by atoms with Crippen LogP contribution in [0.3, 0.4) is 0 Å². The summed E-state index contributed by atoms with van der Waals surface area (Å²) in [4.78, 5) is 12.8. The van der Waals surface area contributed by atoms with E-state index in [1.165, 1.54) is 5.56 Å². The van der Waals surface area contributed by atoms with Crippen molar-refractivity contribution in [3.05, 3.63) is 41.7 Å². The van der Waals surface area contributed by atoms with E-state index in [4.69, 9.17) is 4.52 Å². The average Bonchev–Trinajstić information content (AvgIpc) is 3.16. The van der Waals surface area contributed by atoms with Gasteiger partial charge in [0, 0.05) is 30.2 Å². The van der Waals surface area contributed by atoms with Gasteiger partial charge >= 0.3 is 0 Å². The number of fused-ring (bicyclic) bond motifs is 1. The molecule has 104 valence electrons. The Morgan fingerprint density at radius 1 is 1.14 bits per heavy atom. The molecular weight excluding hydrogens is 266 g/mol. The van der Waals surface area contributed by atoms with Crippen LogP contribution < -0.4 is 5.32 Å². The van der Waals surface area contributed by atoms with Gasteiger partial charge in [-0.15, -0.1) is 0 Å². The third kappa shape index (κ3) is 2.14. The molecule has 0 saturated heterocycles. The van der Waals surface area contributed by atoms with Crippen LogP contribution in [-0.4, -0.2) is 26.7 Å². The molecule has 0 saturated carbocycles. The van der Waals surface area contributed by atoms with Gasteiger partial charge in [0.1, 0.15) is 0 Å². The van der Waals surface area contributed by atoms with Crippen molar-refractivity contribution < 1.29 is 4.52 Å². The predicted octanol–water partition coefficient (Wildman–Crippen LogP) is 2.47. The molecule has 0 aliphatic carbocycles.